The summed E-state index contributed by atoms with van der Waals surface area (Å²) in [5.41, 5.74) is 1.42. The molecule has 0 unspecified atom stereocenters. The number of aromatic carboxylic acids is 1. The van der Waals surface area contributed by atoms with Gasteiger partial charge in [-0.2, -0.15) is 0 Å². The molecule has 2 aromatic heterocycles. The summed E-state index contributed by atoms with van der Waals surface area (Å²) in [6, 6.07) is 0. The van der Waals surface area contributed by atoms with Crippen LogP contribution in [0.15, 0.2) is 6.33 Å². The predicted octanol–water partition coefficient (Wildman–Crippen LogP) is 2.97. The highest BCUT2D eigenvalue weighted by Gasteiger charge is 2.26. The molecule has 0 aromatic carbocycles. The van der Waals surface area contributed by atoms with Gasteiger partial charge in [0, 0.05) is 5.92 Å². The third-order valence-corrected chi connectivity index (χ3v) is 3.81. The van der Waals surface area contributed by atoms with E-state index in [4.69, 9.17) is 11.6 Å². The summed E-state index contributed by atoms with van der Waals surface area (Å²) in [6.45, 7) is 0. The van der Waals surface area contributed by atoms with Crippen LogP contribution in [0.4, 0.5) is 0 Å². The highest BCUT2D eigenvalue weighted by Crippen LogP contribution is 2.38. The average Bonchev–Trinajstić information content (AvgIpc) is 2.93. The third kappa shape index (κ3) is 1.66. The lowest BCUT2D eigenvalue weighted by molar-refractivity contribution is 0.0699. The highest BCUT2D eigenvalue weighted by molar-refractivity contribution is 6.34. The van der Waals surface area contributed by atoms with Gasteiger partial charge in [-0.1, -0.05) is 24.4 Å². The van der Waals surface area contributed by atoms with Crippen molar-refractivity contribution in [3.8, 4) is 0 Å². The number of nitrogens with one attached hydrogen (secondary N) is 1. The first-order valence-electron chi connectivity index (χ1n) is 5.94. The Morgan fingerprint density at radius 3 is 2.78 bits per heavy atom. The highest BCUT2D eigenvalue weighted by atomic mass is 35.5. The fraction of sp³-hybridized carbons (Fsp3) is 0.417. The van der Waals surface area contributed by atoms with Crippen LogP contribution < -0.4 is 0 Å². The maximum absolute atomic E-state index is 11.3. The van der Waals surface area contributed by atoms with Gasteiger partial charge in [0.1, 0.15) is 22.7 Å². The van der Waals surface area contributed by atoms with E-state index < -0.39 is 5.97 Å². The van der Waals surface area contributed by atoms with E-state index in [1.165, 1.54) is 6.33 Å². The van der Waals surface area contributed by atoms with Gasteiger partial charge in [-0.3, -0.25) is 0 Å². The summed E-state index contributed by atoms with van der Waals surface area (Å²) in [5, 5.41) is 9.95. The lowest BCUT2D eigenvalue weighted by Gasteiger charge is -2.09. The van der Waals surface area contributed by atoms with Crippen LogP contribution in [-0.4, -0.2) is 26.0 Å². The van der Waals surface area contributed by atoms with Crippen molar-refractivity contribution in [3.63, 3.8) is 0 Å². The van der Waals surface area contributed by atoms with E-state index in [1.807, 2.05) is 0 Å². The van der Waals surface area contributed by atoms with Gasteiger partial charge in [-0.05, 0) is 12.8 Å². The molecule has 5 nitrogen and oxygen atoms in total. The molecule has 0 radical (unpaired) electrons. The van der Waals surface area contributed by atoms with Gasteiger partial charge in [-0.25, -0.2) is 14.8 Å². The molecule has 1 fully saturated rings. The number of aromatic nitrogens is 3. The average molecular weight is 266 g/mol. The molecule has 0 aliphatic heterocycles. The molecule has 6 heteroatoms. The van der Waals surface area contributed by atoms with Crippen LogP contribution in [0.1, 0.15) is 47.7 Å². The minimum absolute atomic E-state index is 0.0918. The molecule has 0 spiro atoms. The maximum Gasteiger partial charge on any atom is 0.339 e. The number of rotatable bonds is 2. The summed E-state index contributed by atoms with van der Waals surface area (Å²) < 4.78 is 0. The van der Waals surface area contributed by atoms with Crippen molar-refractivity contribution in [1.82, 2.24) is 15.0 Å². The van der Waals surface area contributed by atoms with Gasteiger partial charge in [0.05, 0.1) is 11.1 Å². The molecule has 1 aliphatic carbocycles. The molecule has 94 valence electrons. The van der Waals surface area contributed by atoms with Crippen molar-refractivity contribution in [3.05, 3.63) is 22.7 Å². The number of carboxylic acid groups (broad SMARTS) is 1. The molecular formula is C12H12ClN3O2. The quantitative estimate of drug-likeness (QED) is 0.875. The summed E-state index contributed by atoms with van der Waals surface area (Å²) in [5.74, 6) is -0.722. The van der Waals surface area contributed by atoms with E-state index in [2.05, 4.69) is 15.0 Å². The van der Waals surface area contributed by atoms with E-state index in [9.17, 15) is 9.90 Å². The molecule has 1 saturated carbocycles. The van der Waals surface area contributed by atoms with Crippen LogP contribution in [-0.2, 0) is 0 Å². The second-order valence-corrected chi connectivity index (χ2v) is 4.96. The van der Waals surface area contributed by atoms with Crippen LogP contribution in [0.2, 0.25) is 5.15 Å². The van der Waals surface area contributed by atoms with Crippen molar-refractivity contribution >= 4 is 28.6 Å². The van der Waals surface area contributed by atoms with Crippen LogP contribution in [0, 0.1) is 0 Å². The first kappa shape index (κ1) is 11.5. The zero-order valence-corrected chi connectivity index (χ0v) is 10.4. The van der Waals surface area contributed by atoms with Crippen LogP contribution in [0.5, 0.6) is 0 Å². The lowest BCUT2D eigenvalue weighted by Crippen LogP contribution is -2.02. The van der Waals surface area contributed by atoms with Crippen molar-refractivity contribution in [2.75, 3.05) is 0 Å². The number of fused-ring (bicyclic) bond motifs is 1. The molecule has 18 heavy (non-hydrogen) atoms. The molecule has 1 aliphatic rings. The van der Waals surface area contributed by atoms with Crippen molar-refractivity contribution < 1.29 is 9.90 Å². The number of halogens is 1. The topological polar surface area (TPSA) is 78.9 Å². The van der Waals surface area contributed by atoms with E-state index in [-0.39, 0.29) is 10.7 Å². The SMILES string of the molecule is O=C(O)c1c(Cl)[nH]c2ncnc(C3CCCC3)c12. The van der Waals surface area contributed by atoms with Crippen molar-refractivity contribution in [2.24, 2.45) is 0 Å². The van der Waals surface area contributed by atoms with Gasteiger partial charge >= 0.3 is 5.97 Å². The number of hydrogen-bond donors (Lipinski definition) is 2. The first-order chi connectivity index (χ1) is 8.68. The van der Waals surface area contributed by atoms with E-state index >= 15 is 0 Å². The fourth-order valence-electron chi connectivity index (χ4n) is 2.73. The van der Waals surface area contributed by atoms with Crippen molar-refractivity contribution in [2.45, 2.75) is 31.6 Å². The second-order valence-electron chi connectivity index (χ2n) is 4.58. The lowest BCUT2D eigenvalue weighted by atomic mass is 9.99. The van der Waals surface area contributed by atoms with E-state index in [0.29, 0.717) is 17.0 Å². The summed E-state index contributed by atoms with van der Waals surface area (Å²) >= 11 is 5.94. The number of H-pyrrole nitrogens is 1. The molecule has 2 aromatic rings. The normalized spacial score (nSPS) is 16.5. The Balaban J connectivity index is 2.27. The van der Waals surface area contributed by atoms with Crippen LogP contribution in [0.3, 0.4) is 0 Å². The molecule has 2 N–H and O–H groups in total. The van der Waals surface area contributed by atoms with Crippen LogP contribution >= 0.6 is 11.6 Å². The standard InChI is InChI=1S/C12H12ClN3O2/c13-10-8(12(17)18)7-9(6-3-1-2-4-6)14-5-15-11(7)16-10/h5-6H,1-4H2,(H,17,18)(H,14,15,16). The minimum Gasteiger partial charge on any atom is -0.478 e. The first-order valence-corrected chi connectivity index (χ1v) is 6.31. The number of carbonyl (C=O) groups is 1. The number of nitrogens with zero attached hydrogens (tertiary/aromatic N) is 2. The Kier molecular flexibility index (Phi) is 2.70. The van der Waals surface area contributed by atoms with Crippen molar-refractivity contribution in [1.29, 1.82) is 0 Å². The molecule has 0 atom stereocenters. The van der Waals surface area contributed by atoms with Gasteiger partial charge in [0.2, 0.25) is 0 Å². The summed E-state index contributed by atoms with van der Waals surface area (Å²) in [6.07, 6.45) is 5.89. The Morgan fingerprint density at radius 2 is 2.11 bits per heavy atom. The Morgan fingerprint density at radius 1 is 1.39 bits per heavy atom. The molecule has 0 saturated heterocycles. The van der Waals surface area contributed by atoms with Gasteiger partial charge < -0.3 is 10.1 Å². The molecule has 0 bridgehead atoms. The molecule has 3 rings (SSSR count). The Bertz CT molecular complexity index is 617. The second kappa shape index (κ2) is 4.24. The Hall–Kier alpha value is -1.62. The molecule has 0 amide bonds. The molecule has 2 heterocycles. The van der Waals surface area contributed by atoms with E-state index in [0.717, 1.165) is 31.4 Å². The van der Waals surface area contributed by atoms with Gasteiger partial charge in [0.25, 0.3) is 0 Å². The fourth-order valence-corrected chi connectivity index (χ4v) is 2.99. The minimum atomic E-state index is -1.04. The van der Waals surface area contributed by atoms with Crippen LogP contribution in [0.25, 0.3) is 11.0 Å². The maximum atomic E-state index is 11.3. The smallest absolute Gasteiger partial charge is 0.339 e. The largest absolute Gasteiger partial charge is 0.478 e. The predicted molar refractivity (Wildman–Crippen MR) is 67.1 cm³/mol. The van der Waals surface area contributed by atoms with Gasteiger partial charge in [0.15, 0.2) is 0 Å². The number of carboxylic acids is 1. The van der Waals surface area contributed by atoms with E-state index in [1.54, 1.807) is 0 Å². The molecular weight excluding hydrogens is 254 g/mol. The van der Waals surface area contributed by atoms with Gasteiger partial charge in [-0.15, -0.1) is 0 Å². The monoisotopic (exact) mass is 265 g/mol. The zero-order valence-electron chi connectivity index (χ0n) is 9.61. The Labute approximate surface area is 108 Å². The summed E-state index contributed by atoms with van der Waals surface area (Å²) in [7, 11) is 0. The number of aromatic amines is 1. The zero-order chi connectivity index (χ0) is 12.7. The number of hydrogen-bond acceptors (Lipinski definition) is 3. The summed E-state index contributed by atoms with van der Waals surface area (Å²) in [4.78, 5) is 22.5. The third-order valence-electron chi connectivity index (χ3n) is 3.53.